The summed E-state index contributed by atoms with van der Waals surface area (Å²) in [7, 11) is 0. The van der Waals surface area contributed by atoms with Crippen molar-refractivity contribution in [2.75, 3.05) is 16.8 Å². The molecule has 0 saturated heterocycles. The third kappa shape index (κ3) is 2.44. The Hall–Kier alpha value is -1.95. The lowest BCUT2D eigenvalue weighted by atomic mass is 10.2. The molecule has 5 nitrogen and oxygen atoms in total. The number of aromatic nitrogens is 1. The van der Waals surface area contributed by atoms with E-state index in [0.717, 1.165) is 11.3 Å². The van der Waals surface area contributed by atoms with E-state index in [1.165, 1.54) is 6.07 Å². The first-order chi connectivity index (χ1) is 8.91. The van der Waals surface area contributed by atoms with Gasteiger partial charge in [-0.15, -0.1) is 0 Å². The van der Waals surface area contributed by atoms with E-state index in [1.54, 1.807) is 6.92 Å². The van der Waals surface area contributed by atoms with Crippen LogP contribution in [0.25, 0.3) is 0 Å². The largest absolute Gasteiger partial charge is 0.397 e. The van der Waals surface area contributed by atoms with E-state index in [4.69, 9.17) is 27.6 Å². The van der Waals surface area contributed by atoms with E-state index in [0.29, 0.717) is 12.3 Å². The Morgan fingerprint density at radius 2 is 2.05 bits per heavy atom. The molecule has 0 unspecified atom stereocenters. The van der Waals surface area contributed by atoms with Crippen molar-refractivity contribution in [3.05, 3.63) is 33.9 Å². The summed E-state index contributed by atoms with van der Waals surface area (Å²) in [6, 6.07) is 1.42. The van der Waals surface area contributed by atoms with Crippen molar-refractivity contribution in [2.45, 2.75) is 20.4 Å². The standard InChI is InChI=1S/C12H14ClFN4O/c1-5-7(6(2)19-18-5)4-17-12-9(16)3-8(15)10(13)11(12)14/h3,17H,4,15-16H2,1-2H3. The number of nitrogens with two attached hydrogens (primary N) is 2. The molecule has 1 aromatic carbocycles. The topological polar surface area (TPSA) is 90.1 Å². The zero-order valence-electron chi connectivity index (χ0n) is 10.6. The van der Waals surface area contributed by atoms with Gasteiger partial charge in [-0.2, -0.15) is 0 Å². The minimum atomic E-state index is -0.661. The highest BCUT2D eigenvalue weighted by Gasteiger charge is 2.15. The van der Waals surface area contributed by atoms with Crippen LogP contribution in [0.15, 0.2) is 10.6 Å². The van der Waals surface area contributed by atoms with Gasteiger partial charge in [0.05, 0.1) is 22.8 Å². The summed E-state index contributed by atoms with van der Waals surface area (Å²) in [5.41, 5.74) is 13.3. The van der Waals surface area contributed by atoms with Gasteiger partial charge in [-0.3, -0.25) is 0 Å². The maximum atomic E-state index is 14.0. The van der Waals surface area contributed by atoms with Gasteiger partial charge in [-0.05, 0) is 19.9 Å². The van der Waals surface area contributed by atoms with Crippen LogP contribution in [0.4, 0.5) is 21.5 Å². The monoisotopic (exact) mass is 284 g/mol. The minimum Gasteiger partial charge on any atom is -0.397 e. The smallest absolute Gasteiger partial charge is 0.169 e. The van der Waals surface area contributed by atoms with E-state index < -0.39 is 5.82 Å². The number of anilines is 3. The fourth-order valence-corrected chi connectivity index (χ4v) is 1.93. The van der Waals surface area contributed by atoms with Crippen LogP contribution >= 0.6 is 11.6 Å². The number of aryl methyl sites for hydroxylation is 2. The molecular formula is C12H14ClFN4O. The predicted octanol–water partition coefficient (Wildman–Crippen LogP) is 2.86. The van der Waals surface area contributed by atoms with Gasteiger partial charge >= 0.3 is 0 Å². The second kappa shape index (κ2) is 4.97. The molecule has 19 heavy (non-hydrogen) atoms. The molecule has 5 N–H and O–H groups in total. The number of hydrogen-bond donors (Lipinski definition) is 3. The molecule has 1 aromatic heterocycles. The van der Waals surface area contributed by atoms with Crippen LogP contribution in [-0.4, -0.2) is 5.16 Å². The SMILES string of the molecule is Cc1noc(C)c1CNc1c(N)cc(N)c(Cl)c1F. The quantitative estimate of drug-likeness (QED) is 0.754. The predicted molar refractivity (Wildman–Crippen MR) is 73.5 cm³/mol. The molecule has 1 heterocycles. The van der Waals surface area contributed by atoms with Crippen molar-refractivity contribution >= 4 is 28.7 Å². The molecule has 0 amide bonds. The third-order valence-electron chi connectivity index (χ3n) is 2.89. The highest BCUT2D eigenvalue weighted by molar-refractivity contribution is 6.33. The van der Waals surface area contributed by atoms with Crippen molar-refractivity contribution in [3.63, 3.8) is 0 Å². The van der Waals surface area contributed by atoms with Gasteiger partial charge < -0.3 is 21.3 Å². The Morgan fingerprint density at radius 1 is 1.37 bits per heavy atom. The lowest BCUT2D eigenvalue weighted by Gasteiger charge is -2.12. The molecule has 0 aliphatic rings. The Balaban J connectivity index is 2.28. The van der Waals surface area contributed by atoms with Crippen molar-refractivity contribution in [1.82, 2.24) is 5.16 Å². The molecule has 0 spiro atoms. The number of nitrogens with one attached hydrogen (secondary N) is 1. The molecule has 0 atom stereocenters. The molecule has 102 valence electrons. The van der Waals surface area contributed by atoms with Gasteiger partial charge in [0.2, 0.25) is 0 Å². The molecule has 0 bridgehead atoms. The van der Waals surface area contributed by atoms with Crippen LogP contribution in [0.5, 0.6) is 0 Å². The van der Waals surface area contributed by atoms with Crippen molar-refractivity contribution in [1.29, 1.82) is 0 Å². The number of nitrogens with zero attached hydrogens (tertiary/aromatic N) is 1. The summed E-state index contributed by atoms with van der Waals surface area (Å²) in [4.78, 5) is 0. The van der Waals surface area contributed by atoms with Crippen LogP contribution in [0.1, 0.15) is 17.0 Å². The Labute approximate surface area is 114 Å². The maximum absolute atomic E-state index is 14.0. The minimum absolute atomic E-state index is 0.111. The van der Waals surface area contributed by atoms with Crippen LogP contribution in [0.3, 0.4) is 0 Å². The first kappa shape index (κ1) is 13.5. The second-order valence-corrected chi connectivity index (χ2v) is 4.59. The summed E-state index contributed by atoms with van der Waals surface area (Å²) in [6.45, 7) is 3.93. The molecule has 0 saturated carbocycles. The molecule has 2 aromatic rings. The molecule has 2 rings (SSSR count). The average molecular weight is 285 g/mol. The maximum Gasteiger partial charge on any atom is 0.169 e. The normalized spacial score (nSPS) is 10.7. The molecule has 0 aliphatic carbocycles. The van der Waals surface area contributed by atoms with E-state index in [9.17, 15) is 4.39 Å². The summed E-state index contributed by atoms with van der Waals surface area (Å²) in [5, 5.41) is 6.57. The van der Waals surface area contributed by atoms with Gasteiger partial charge in [-0.25, -0.2) is 4.39 Å². The summed E-state index contributed by atoms with van der Waals surface area (Å²) in [6.07, 6.45) is 0. The number of nitrogen functional groups attached to an aromatic ring is 2. The fraction of sp³-hybridized carbons (Fsp3) is 0.250. The zero-order valence-corrected chi connectivity index (χ0v) is 11.3. The highest BCUT2D eigenvalue weighted by Crippen LogP contribution is 2.34. The Kier molecular flexibility index (Phi) is 3.53. The van der Waals surface area contributed by atoms with Gasteiger partial charge in [0.15, 0.2) is 5.82 Å². The van der Waals surface area contributed by atoms with E-state index >= 15 is 0 Å². The lowest BCUT2D eigenvalue weighted by molar-refractivity contribution is 0.392. The first-order valence-electron chi connectivity index (χ1n) is 5.60. The third-order valence-corrected chi connectivity index (χ3v) is 3.27. The van der Waals surface area contributed by atoms with Crippen molar-refractivity contribution < 1.29 is 8.91 Å². The summed E-state index contributed by atoms with van der Waals surface area (Å²) in [5.74, 6) is 0.0106. The lowest BCUT2D eigenvalue weighted by Crippen LogP contribution is -2.07. The molecular weight excluding hydrogens is 271 g/mol. The Morgan fingerprint density at radius 3 is 2.63 bits per heavy atom. The first-order valence-corrected chi connectivity index (χ1v) is 5.98. The fourth-order valence-electron chi connectivity index (χ4n) is 1.78. The van der Waals surface area contributed by atoms with E-state index in [1.807, 2.05) is 6.92 Å². The van der Waals surface area contributed by atoms with Crippen LogP contribution in [0, 0.1) is 19.7 Å². The van der Waals surface area contributed by atoms with Gasteiger partial charge in [0.1, 0.15) is 10.8 Å². The molecule has 0 aliphatic heterocycles. The van der Waals surface area contributed by atoms with E-state index in [2.05, 4.69) is 10.5 Å². The number of rotatable bonds is 3. The van der Waals surface area contributed by atoms with E-state index in [-0.39, 0.29) is 22.1 Å². The second-order valence-electron chi connectivity index (χ2n) is 4.21. The van der Waals surface area contributed by atoms with Crippen LogP contribution < -0.4 is 16.8 Å². The number of hydrogen-bond acceptors (Lipinski definition) is 5. The summed E-state index contributed by atoms with van der Waals surface area (Å²) < 4.78 is 19.0. The zero-order chi connectivity index (χ0) is 14.2. The Bertz CT molecular complexity index is 607. The van der Waals surface area contributed by atoms with Gasteiger partial charge in [0, 0.05) is 12.1 Å². The van der Waals surface area contributed by atoms with Crippen molar-refractivity contribution in [3.8, 4) is 0 Å². The average Bonchev–Trinajstić information content (AvgIpc) is 2.67. The van der Waals surface area contributed by atoms with Crippen molar-refractivity contribution in [2.24, 2.45) is 0 Å². The number of benzene rings is 1. The van der Waals surface area contributed by atoms with Gasteiger partial charge in [-0.1, -0.05) is 16.8 Å². The van der Waals surface area contributed by atoms with Crippen LogP contribution in [0.2, 0.25) is 5.02 Å². The summed E-state index contributed by atoms with van der Waals surface area (Å²) >= 11 is 5.75. The molecule has 0 fully saturated rings. The number of halogens is 2. The molecule has 0 radical (unpaired) electrons. The van der Waals surface area contributed by atoms with Gasteiger partial charge in [0.25, 0.3) is 0 Å². The van der Waals surface area contributed by atoms with Crippen LogP contribution in [-0.2, 0) is 6.54 Å². The molecule has 7 heteroatoms. The highest BCUT2D eigenvalue weighted by atomic mass is 35.5.